The largest absolute Gasteiger partial charge is 0.481 e. The van der Waals surface area contributed by atoms with Gasteiger partial charge in [0.1, 0.15) is 0 Å². The Balaban J connectivity index is 2.17. The Labute approximate surface area is 97.0 Å². The summed E-state index contributed by atoms with van der Waals surface area (Å²) in [4.78, 5) is 10.4. The van der Waals surface area contributed by atoms with E-state index in [2.05, 4.69) is 12.2 Å². The third-order valence-electron chi connectivity index (χ3n) is 3.44. The van der Waals surface area contributed by atoms with Gasteiger partial charge < -0.3 is 15.5 Å². The summed E-state index contributed by atoms with van der Waals surface area (Å²) in [6.45, 7) is 2.51. The van der Waals surface area contributed by atoms with Crippen molar-refractivity contribution in [2.45, 2.75) is 57.6 Å². The van der Waals surface area contributed by atoms with Crippen LogP contribution in [0.4, 0.5) is 0 Å². The van der Waals surface area contributed by atoms with Crippen molar-refractivity contribution in [3.8, 4) is 0 Å². The molecular formula is C12H23NO3. The molecule has 1 rings (SSSR count). The van der Waals surface area contributed by atoms with Crippen LogP contribution in [0.1, 0.15) is 45.4 Å². The van der Waals surface area contributed by atoms with Crippen LogP contribution in [0.5, 0.6) is 0 Å². The predicted molar refractivity (Wildman–Crippen MR) is 62.3 cm³/mol. The van der Waals surface area contributed by atoms with Gasteiger partial charge in [-0.1, -0.05) is 19.3 Å². The summed E-state index contributed by atoms with van der Waals surface area (Å²) < 4.78 is 0. The SMILES string of the molecule is CC(NCC(O)CC(=O)O)C1CCCCC1. The van der Waals surface area contributed by atoms with Crippen molar-refractivity contribution in [2.24, 2.45) is 5.92 Å². The Morgan fingerprint density at radius 2 is 2.00 bits per heavy atom. The number of aliphatic hydroxyl groups excluding tert-OH is 1. The summed E-state index contributed by atoms with van der Waals surface area (Å²) in [6.07, 6.45) is 5.49. The lowest BCUT2D eigenvalue weighted by Gasteiger charge is -2.29. The zero-order valence-electron chi connectivity index (χ0n) is 9.98. The molecule has 4 heteroatoms. The molecule has 0 aromatic rings. The fourth-order valence-corrected chi connectivity index (χ4v) is 2.40. The molecule has 16 heavy (non-hydrogen) atoms. The maximum Gasteiger partial charge on any atom is 0.306 e. The smallest absolute Gasteiger partial charge is 0.306 e. The number of carboxylic acids is 1. The fourth-order valence-electron chi connectivity index (χ4n) is 2.40. The first kappa shape index (κ1) is 13.5. The van der Waals surface area contributed by atoms with E-state index in [4.69, 9.17) is 5.11 Å². The van der Waals surface area contributed by atoms with Crippen molar-refractivity contribution < 1.29 is 15.0 Å². The van der Waals surface area contributed by atoms with Gasteiger partial charge in [0.2, 0.25) is 0 Å². The molecule has 0 saturated heterocycles. The molecule has 1 aliphatic rings. The molecule has 0 aromatic carbocycles. The summed E-state index contributed by atoms with van der Waals surface area (Å²) in [7, 11) is 0. The minimum Gasteiger partial charge on any atom is -0.481 e. The maximum absolute atomic E-state index is 10.4. The highest BCUT2D eigenvalue weighted by Gasteiger charge is 2.20. The van der Waals surface area contributed by atoms with Crippen LogP contribution in [0.25, 0.3) is 0 Å². The molecular weight excluding hydrogens is 206 g/mol. The zero-order chi connectivity index (χ0) is 12.0. The molecule has 0 radical (unpaired) electrons. The lowest BCUT2D eigenvalue weighted by Crippen LogP contribution is -2.39. The zero-order valence-corrected chi connectivity index (χ0v) is 9.98. The lowest BCUT2D eigenvalue weighted by molar-refractivity contribution is -0.139. The van der Waals surface area contributed by atoms with Gasteiger partial charge in [-0.25, -0.2) is 0 Å². The van der Waals surface area contributed by atoms with E-state index in [9.17, 15) is 9.90 Å². The summed E-state index contributed by atoms with van der Waals surface area (Å²) in [5.74, 6) is -0.259. The normalized spacial score (nSPS) is 21.6. The van der Waals surface area contributed by atoms with E-state index in [-0.39, 0.29) is 6.42 Å². The molecule has 1 saturated carbocycles. The van der Waals surface area contributed by atoms with Crippen molar-refractivity contribution in [1.82, 2.24) is 5.32 Å². The minimum atomic E-state index is -0.945. The number of nitrogens with one attached hydrogen (secondary N) is 1. The first-order valence-corrected chi connectivity index (χ1v) is 6.23. The average Bonchev–Trinajstić information content (AvgIpc) is 2.26. The highest BCUT2D eigenvalue weighted by atomic mass is 16.4. The lowest BCUT2D eigenvalue weighted by atomic mass is 9.84. The average molecular weight is 229 g/mol. The molecule has 2 atom stereocenters. The molecule has 4 nitrogen and oxygen atoms in total. The molecule has 1 fully saturated rings. The van der Waals surface area contributed by atoms with Gasteiger partial charge in [0, 0.05) is 12.6 Å². The Morgan fingerprint density at radius 1 is 1.38 bits per heavy atom. The Kier molecular flexibility index (Phi) is 5.77. The topological polar surface area (TPSA) is 69.6 Å². The van der Waals surface area contributed by atoms with Crippen molar-refractivity contribution in [3.05, 3.63) is 0 Å². The number of carbonyl (C=O) groups is 1. The van der Waals surface area contributed by atoms with Crippen LogP contribution >= 0.6 is 0 Å². The molecule has 0 aliphatic heterocycles. The fraction of sp³-hybridized carbons (Fsp3) is 0.917. The van der Waals surface area contributed by atoms with Crippen LogP contribution in [0.2, 0.25) is 0 Å². The summed E-state index contributed by atoms with van der Waals surface area (Å²) in [5.41, 5.74) is 0. The summed E-state index contributed by atoms with van der Waals surface area (Å²) >= 11 is 0. The molecule has 3 N–H and O–H groups in total. The number of rotatable bonds is 6. The molecule has 0 aromatic heterocycles. The van der Waals surface area contributed by atoms with Gasteiger partial charge in [-0.2, -0.15) is 0 Å². The van der Waals surface area contributed by atoms with Crippen LogP contribution < -0.4 is 5.32 Å². The van der Waals surface area contributed by atoms with Crippen LogP contribution in [0, 0.1) is 5.92 Å². The standard InChI is InChI=1S/C12H23NO3/c1-9(10-5-3-2-4-6-10)13-8-11(14)7-12(15)16/h9-11,13-14H,2-8H2,1H3,(H,15,16). The monoisotopic (exact) mass is 229 g/mol. The van der Waals surface area contributed by atoms with Crippen molar-refractivity contribution in [2.75, 3.05) is 6.54 Å². The highest BCUT2D eigenvalue weighted by molar-refractivity contribution is 5.67. The van der Waals surface area contributed by atoms with E-state index in [0.29, 0.717) is 18.5 Å². The summed E-state index contributed by atoms with van der Waals surface area (Å²) in [6, 6.07) is 0.378. The second-order valence-corrected chi connectivity index (χ2v) is 4.85. The number of hydrogen-bond donors (Lipinski definition) is 3. The summed E-state index contributed by atoms with van der Waals surface area (Å²) in [5, 5.41) is 21.2. The number of aliphatic carboxylic acids is 1. The number of carboxylic acid groups (broad SMARTS) is 1. The number of aliphatic hydroxyl groups is 1. The van der Waals surface area contributed by atoms with Crippen LogP contribution in [-0.4, -0.2) is 34.9 Å². The molecule has 2 unspecified atom stereocenters. The van der Waals surface area contributed by atoms with Crippen molar-refractivity contribution in [3.63, 3.8) is 0 Å². The van der Waals surface area contributed by atoms with Gasteiger partial charge in [0.25, 0.3) is 0 Å². The van der Waals surface area contributed by atoms with Crippen LogP contribution in [0.15, 0.2) is 0 Å². The van der Waals surface area contributed by atoms with Gasteiger partial charge in [0.15, 0.2) is 0 Å². The predicted octanol–water partition coefficient (Wildman–Crippen LogP) is 1.38. The van der Waals surface area contributed by atoms with E-state index in [1.54, 1.807) is 0 Å². The first-order chi connectivity index (χ1) is 7.59. The minimum absolute atomic E-state index is 0.176. The number of hydrogen-bond acceptors (Lipinski definition) is 3. The second-order valence-electron chi connectivity index (χ2n) is 4.85. The van der Waals surface area contributed by atoms with Gasteiger partial charge in [0.05, 0.1) is 12.5 Å². The van der Waals surface area contributed by atoms with Crippen molar-refractivity contribution >= 4 is 5.97 Å². The van der Waals surface area contributed by atoms with Crippen LogP contribution in [0.3, 0.4) is 0 Å². The van der Waals surface area contributed by atoms with E-state index in [0.717, 1.165) is 0 Å². The Bertz CT molecular complexity index is 214. The molecule has 1 aliphatic carbocycles. The third kappa shape index (κ3) is 4.94. The van der Waals surface area contributed by atoms with Gasteiger partial charge in [-0.05, 0) is 25.7 Å². The van der Waals surface area contributed by atoms with E-state index in [1.807, 2.05) is 0 Å². The molecule has 94 valence electrons. The molecule has 0 amide bonds. The maximum atomic E-state index is 10.4. The second kappa shape index (κ2) is 6.86. The third-order valence-corrected chi connectivity index (χ3v) is 3.44. The van der Waals surface area contributed by atoms with E-state index in [1.165, 1.54) is 32.1 Å². The van der Waals surface area contributed by atoms with Gasteiger partial charge in [-0.3, -0.25) is 4.79 Å². The van der Waals surface area contributed by atoms with Gasteiger partial charge >= 0.3 is 5.97 Å². The van der Waals surface area contributed by atoms with E-state index < -0.39 is 12.1 Å². The van der Waals surface area contributed by atoms with E-state index >= 15 is 0 Å². The Morgan fingerprint density at radius 3 is 2.56 bits per heavy atom. The molecule has 0 spiro atoms. The highest BCUT2D eigenvalue weighted by Crippen LogP contribution is 2.26. The molecule has 0 bridgehead atoms. The molecule has 0 heterocycles. The van der Waals surface area contributed by atoms with Crippen LogP contribution in [-0.2, 0) is 4.79 Å². The first-order valence-electron chi connectivity index (χ1n) is 6.23. The van der Waals surface area contributed by atoms with Gasteiger partial charge in [-0.15, -0.1) is 0 Å². The quantitative estimate of drug-likeness (QED) is 0.643. The van der Waals surface area contributed by atoms with Crippen molar-refractivity contribution in [1.29, 1.82) is 0 Å². The Hall–Kier alpha value is -0.610.